The van der Waals surface area contributed by atoms with E-state index in [0.29, 0.717) is 36.6 Å². The van der Waals surface area contributed by atoms with Gasteiger partial charge in [0.2, 0.25) is 10.0 Å². The number of hydrogen-bond acceptors (Lipinski definition) is 4. The van der Waals surface area contributed by atoms with Crippen LogP contribution in [0.1, 0.15) is 28.7 Å². The van der Waals surface area contributed by atoms with Crippen molar-refractivity contribution in [1.82, 2.24) is 19.0 Å². The van der Waals surface area contributed by atoms with Crippen molar-refractivity contribution in [3.8, 4) is 0 Å². The van der Waals surface area contributed by atoms with Gasteiger partial charge in [0.15, 0.2) is 0 Å². The summed E-state index contributed by atoms with van der Waals surface area (Å²) in [5.74, 6) is -0.0780. The highest BCUT2D eigenvalue weighted by Crippen LogP contribution is 2.25. The third-order valence-corrected chi connectivity index (χ3v) is 7.51. The molecular weight excluding hydrogens is 432 g/mol. The minimum Gasteiger partial charge on any atom is -0.336 e. The molecule has 0 aliphatic carbocycles. The number of rotatable bonds is 4. The fourth-order valence-corrected chi connectivity index (χ4v) is 5.46. The van der Waals surface area contributed by atoms with Gasteiger partial charge in [-0.1, -0.05) is 15.9 Å². The first kappa shape index (κ1) is 20.0. The maximum Gasteiger partial charge on any atom is 0.253 e. The Hall–Kier alpha value is -1.71. The van der Waals surface area contributed by atoms with Gasteiger partial charge < -0.3 is 4.90 Å². The highest BCUT2D eigenvalue weighted by Gasteiger charge is 2.34. The van der Waals surface area contributed by atoms with Crippen molar-refractivity contribution in [1.29, 1.82) is 0 Å². The van der Waals surface area contributed by atoms with E-state index in [0.717, 1.165) is 4.47 Å². The number of hydrogen-bond donors (Lipinski definition) is 0. The van der Waals surface area contributed by atoms with Gasteiger partial charge in [-0.15, -0.1) is 0 Å². The summed E-state index contributed by atoms with van der Waals surface area (Å²) in [5.41, 5.74) is 1.77. The third-order valence-electron chi connectivity index (χ3n) is 4.83. The van der Waals surface area contributed by atoms with Crippen LogP contribution >= 0.6 is 15.9 Å². The van der Waals surface area contributed by atoms with E-state index >= 15 is 0 Å². The van der Waals surface area contributed by atoms with Crippen LogP contribution in [0.3, 0.4) is 0 Å². The molecule has 0 unspecified atom stereocenters. The average Bonchev–Trinajstić information content (AvgIpc) is 2.96. The number of sulfonamides is 1. The largest absolute Gasteiger partial charge is 0.336 e. The van der Waals surface area contributed by atoms with Crippen molar-refractivity contribution in [3.05, 3.63) is 45.7 Å². The highest BCUT2D eigenvalue weighted by atomic mass is 79.9. The van der Waals surface area contributed by atoms with Crippen LogP contribution in [0.4, 0.5) is 0 Å². The fourth-order valence-electron chi connectivity index (χ4n) is 3.40. The number of carbonyl (C=O) groups excluding carboxylic acids is 1. The average molecular weight is 455 g/mol. The summed E-state index contributed by atoms with van der Waals surface area (Å²) in [6.45, 7) is 7.35. The Kier molecular flexibility index (Phi) is 5.73. The molecule has 146 valence electrons. The highest BCUT2D eigenvalue weighted by molar-refractivity contribution is 9.10. The van der Waals surface area contributed by atoms with Gasteiger partial charge in [0.25, 0.3) is 5.91 Å². The molecule has 1 saturated heterocycles. The van der Waals surface area contributed by atoms with Crippen molar-refractivity contribution >= 4 is 31.9 Å². The standard InChI is InChI=1S/C18H23BrN4O3S/c1-4-23-14(3)17(13(2)20-23)27(25,26)22-11-9-21(10-12-22)18(24)15-5-7-16(19)8-6-15/h5-8H,4,9-12H2,1-3H3. The van der Waals surface area contributed by atoms with Crippen LogP contribution in [-0.2, 0) is 16.6 Å². The van der Waals surface area contributed by atoms with Crippen molar-refractivity contribution in [2.24, 2.45) is 0 Å². The summed E-state index contributed by atoms with van der Waals surface area (Å²) in [4.78, 5) is 14.6. The molecule has 1 aromatic carbocycles. The molecule has 1 aliphatic rings. The molecule has 27 heavy (non-hydrogen) atoms. The van der Waals surface area contributed by atoms with E-state index in [1.54, 1.807) is 35.6 Å². The van der Waals surface area contributed by atoms with Crippen LogP contribution < -0.4 is 0 Å². The number of piperazine rings is 1. The van der Waals surface area contributed by atoms with Gasteiger partial charge in [0.05, 0.1) is 11.4 Å². The van der Waals surface area contributed by atoms with E-state index in [1.807, 2.05) is 19.1 Å². The summed E-state index contributed by atoms with van der Waals surface area (Å²) < 4.78 is 30.3. The minimum atomic E-state index is -3.63. The Morgan fingerprint density at radius 3 is 2.22 bits per heavy atom. The van der Waals surface area contributed by atoms with Crippen LogP contribution in [0.25, 0.3) is 0 Å². The molecule has 9 heteroatoms. The smallest absolute Gasteiger partial charge is 0.253 e. The van der Waals surface area contributed by atoms with E-state index in [4.69, 9.17) is 0 Å². The predicted octanol–water partition coefficient (Wildman–Crippen LogP) is 2.43. The maximum absolute atomic E-state index is 13.1. The monoisotopic (exact) mass is 454 g/mol. The first-order valence-electron chi connectivity index (χ1n) is 8.84. The van der Waals surface area contributed by atoms with E-state index < -0.39 is 10.0 Å². The number of carbonyl (C=O) groups is 1. The maximum atomic E-state index is 13.1. The topological polar surface area (TPSA) is 75.5 Å². The molecule has 1 amide bonds. The zero-order valence-electron chi connectivity index (χ0n) is 15.6. The van der Waals surface area contributed by atoms with E-state index in [9.17, 15) is 13.2 Å². The van der Waals surface area contributed by atoms with Gasteiger partial charge >= 0.3 is 0 Å². The minimum absolute atomic E-state index is 0.0780. The molecule has 0 N–H and O–H groups in total. The van der Waals surface area contributed by atoms with Crippen LogP contribution in [0.5, 0.6) is 0 Å². The first-order valence-corrected chi connectivity index (χ1v) is 11.1. The Bertz CT molecular complexity index is 946. The lowest BCUT2D eigenvalue weighted by atomic mass is 10.2. The number of aryl methyl sites for hydroxylation is 2. The van der Waals surface area contributed by atoms with Crippen molar-refractivity contribution < 1.29 is 13.2 Å². The normalized spacial score (nSPS) is 15.9. The van der Waals surface area contributed by atoms with Crippen molar-refractivity contribution in [2.75, 3.05) is 26.2 Å². The number of nitrogens with zero attached hydrogens (tertiary/aromatic N) is 4. The summed E-state index contributed by atoms with van der Waals surface area (Å²) in [6, 6.07) is 7.18. The lowest BCUT2D eigenvalue weighted by Crippen LogP contribution is -2.50. The zero-order chi connectivity index (χ0) is 19.8. The van der Waals surface area contributed by atoms with Crippen LogP contribution in [0.15, 0.2) is 33.6 Å². The van der Waals surface area contributed by atoms with E-state index in [1.165, 1.54) is 4.31 Å². The lowest BCUT2D eigenvalue weighted by Gasteiger charge is -2.34. The Morgan fingerprint density at radius 1 is 1.11 bits per heavy atom. The molecule has 0 spiro atoms. The number of halogens is 1. The lowest BCUT2D eigenvalue weighted by molar-refractivity contribution is 0.0698. The number of amides is 1. The van der Waals surface area contributed by atoms with Crippen LogP contribution in [0.2, 0.25) is 0 Å². The molecule has 1 aromatic heterocycles. The SMILES string of the molecule is CCn1nc(C)c(S(=O)(=O)N2CCN(C(=O)c3ccc(Br)cc3)CC2)c1C. The molecule has 0 bridgehead atoms. The predicted molar refractivity (Wildman–Crippen MR) is 106 cm³/mol. The number of benzene rings is 1. The Labute approximate surface area is 168 Å². The van der Waals surface area contributed by atoms with E-state index in [-0.39, 0.29) is 23.9 Å². The summed E-state index contributed by atoms with van der Waals surface area (Å²) in [7, 11) is -3.63. The molecular formula is C18H23BrN4O3S. The van der Waals surface area contributed by atoms with Gasteiger partial charge in [-0.3, -0.25) is 9.48 Å². The van der Waals surface area contributed by atoms with Crippen molar-refractivity contribution in [2.45, 2.75) is 32.2 Å². The van der Waals surface area contributed by atoms with Gasteiger partial charge in [0, 0.05) is 42.8 Å². The second-order valence-corrected chi connectivity index (χ2v) is 9.31. The molecule has 3 rings (SSSR count). The molecule has 1 aliphatic heterocycles. The summed E-state index contributed by atoms with van der Waals surface area (Å²) in [5, 5.41) is 4.32. The van der Waals surface area contributed by atoms with Gasteiger partial charge in [0.1, 0.15) is 4.90 Å². The number of aromatic nitrogens is 2. The van der Waals surface area contributed by atoms with Crippen molar-refractivity contribution in [3.63, 3.8) is 0 Å². The molecule has 7 nitrogen and oxygen atoms in total. The zero-order valence-corrected chi connectivity index (χ0v) is 18.0. The van der Waals surface area contributed by atoms with Gasteiger partial charge in [-0.2, -0.15) is 9.40 Å². The first-order chi connectivity index (χ1) is 12.8. The Morgan fingerprint density at radius 2 is 1.70 bits per heavy atom. The molecule has 0 radical (unpaired) electrons. The van der Waals surface area contributed by atoms with E-state index in [2.05, 4.69) is 21.0 Å². The van der Waals surface area contributed by atoms with Crippen LogP contribution in [-0.4, -0.2) is 59.5 Å². The fraction of sp³-hybridized carbons (Fsp3) is 0.444. The second-order valence-electron chi connectivity index (χ2n) is 6.52. The summed E-state index contributed by atoms with van der Waals surface area (Å²) >= 11 is 3.36. The molecule has 1 fully saturated rings. The molecule has 2 aromatic rings. The summed E-state index contributed by atoms with van der Waals surface area (Å²) in [6.07, 6.45) is 0. The molecule has 0 saturated carbocycles. The van der Waals surface area contributed by atoms with Gasteiger partial charge in [-0.05, 0) is 45.0 Å². The molecule has 0 atom stereocenters. The molecule has 2 heterocycles. The third kappa shape index (κ3) is 3.81. The second kappa shape index (κ2) is 7.73. The quantitative estimate of drug-likeness (QED) is 0.710. The Balaban J connectivity index is 1.74. The van der Waals surface area contributed by atoms with Gasteiger partial charge in [-0.25, -0.2) is 8.42 Å². The van der Waals surface area contributed by atoms with Crippen LogP contribution in [0, 0.1) is 13.8 Å².